The third-order valence-electron chi connectivity index (χ3n) is 6.44. The van der Waals surface area contributed by atoms with E-state index in [9.17, 15) is 9.59 Å². The molecule has 1 aromatic carbocycles. The Labute approximate surface area is 198 Å². The molecule has 1 unspecified atom stereocenters. The molecule has 1 aromatic heterocycles. The number of hydrogen-bond acceptors (Lipinski definition) is 4. The maximum atomic E-state index is 12.6. The Hall–Kier alpha value is -2.83. The Morgan fingerprint density at radius 1 is 1.30 bits per heavy atom. The van der Waals surface area contributed by atoms with Gasteiger partial charge in [0.15, 0.2) is 0 Å². The first kappa shape index (κ1) is 23.3. The molecule has 0 radical (unpaired) electrons. The van der Waals surface area contributed by atoms with Gasteiger partial charge in [0.2, 0.25) is 5.91 Å². The van der Waals surface area contributed by atoms with Crippen LogP contribution in [0.1, 0.15) is 50.0 Å². The second-order valence-corrected chi connectivity index (χ2v) is 9.28. The number of fused-ring (bicyclic) bond motifs is 3. The van der Waals surface area contributed by atoms with E-state index in [1.54, 1.807) is 24.8 Å². The summed E-state index contributed by atoms with van der Waals surface area (Å²) in [5, 5.41) is 3.55. The van der Waals surface area contributed by atoms with E-state index in [2.05, 4.69) is 18.3 Å². The minimum absolute atomic E-state index is 0.117. The number of nitrogens with zero attached hydrogens (tertiary/aromatic N) is 1. The summed E-state index contributed by atoms with van der Waals surface area (Å²) in [6, 6.07) is 7.49. The predicted molar refractivity (Wildman–Crippen MR) is 129 cm³/mol. The number of amides is 1. The van der Waals surface area contributed by atoms with Crippen LogP contribution in [0.2, 0.25) is 0 Å². The first-order valence-corrected chi connectivity index (χ1v) is 11.5. The van der Waals surface area contributed by atoms with Crippen LogP contribution in [0.5, 0.6) is 5.75 Å². The second-order valence-electron chi connectivity index (χ2n) is 8.84. The van der Waals surface area contributed by atoms with Gasteiger partial charge >= 0.3 is 0 Å². The monoisotopic (exact) mass is 468 g/mol. The standard InChI is InChI=1S/C26H29ClN2O4/c1-5-28-23(30)14-22-19-13-24(31)29(3)15-21(19)18-7-6-17(32-4)12-20(18)25(33-22)26(2)10-8-16(27)9-11-26/h6-10,12-13,15,22,25H,5,11,14H2,1-4H3,(H,28,30)/t22-,25-,26?/m1/s1. The Kier molecular flexibility index (Phi) is 6.50. The number of methoxy groups -OCH3 is 1. The third-order valence-corrected chi connectivity index (χ3v) is 6.72. The van der Waals surface area contributed by atoms with Crippen molar-refractivity contribution in [2.75, 3.05) is 13.7 Å². The minimum atomic E-state index is -0.588. The van der Waals surface area contributed by atoms with E-state index in [1.807, 2.05) is 43.5 Å². The van der Waals surface area contributed by atoms with Gasteiger partial charge in [-0.2, -0.15) is 0 Å². The summed E-state index contributed by atoms with van der Waals surface area (Å²) in [4.78, 5) is 25.2. The van der Waals surface area contributed by atoms with Crippen LogP contribution in [-0.2, 0) is 16.6 Å². The van der Waals surface area contributed by atoms with Crippen molar-refractivity contribution in [2.45, 2.75) is 38.9 Å². The molecular formula is C26H29ClN2O4. The second kappa shape index (κ2) is 9.20. The van der Waals surface area contributed by atoms with Gasteiger partial charge in [0.1, 0.15) is 5.75 Å². The highest BCUT2D eigenvalue weighted by Gasteiger charge is 2.41. The minimum Gasteiger partial charge on any atom is -0.497 e. The third kappa shape index (κ3) is 4.50. The molecule has 6 nitrogen and oxygen atoms in total. The fourth-order valence-electron chi connectivity index (χ4n) is 4.60. The molecule has 2 aliphatic rings. The molecule has 2 aromatic rings. The van der Waals surface area contributed by atoms with Gasteiger partial charge in [-0.3, -0.25) is 9.59 Å². The number of aromatic nitrogens is 1. The maximum absolute atomic E-state index is 12.6. The summed E-state index contributed by atoms with van der Waals surface area (Å²) in [5.74, 6) is 0.594. The highest BCUT2D eigenvalue weighted by atomic mass is 35.5. The number of benzene rings is 1. The number of allylic oxidation sites excluding steroid dienone is 3. The summed E-state index contributed by atoms with van der Waals surface area (Å²) in [6.07, 6.45) is 7.58. The van der Waals surface area contributed by atoms with Crippen molar-refractivity contribution in [1.82, 2.24) is 9.88 Å². The molecule has 1 aliphatic carbocycles. The molecule has 0 fully saturated rings. The highest BCUT2D eigenvalue weighted by Crippen LogP contribution is 2.52. The summed E-state index contributed by atoms with van der Waals surface area (Å²) in [5.41, 5.74) is 2.94. The van der Waals surface area contributed by atoms with Crippen molar-refractivity contribution >= 4 is 17.5 Å². The zero-order valence-electron chi connectivity index (χ0n) is 19.4. The summed E-state index contributed by atoms with van der Waals surface area (Å²) < 4.78 is 13.9. The zero-order chi connectivity index (χ0) is 23.8. The zero-order valence-corrected chi connectivity index (χ0v) is 20.1. The number of pyridine rings is 1. The van der Waals surface area contributed by atoms with Crippen molar-refractivity contribution in [3.8, 4) is 16.9 Å². The topological polar surface area (TPSA) is 69.6 Å². The molecule has 1 aliphatic heterocycles. The molecule has 1 N–H and O–H groups in total. The number of carbonyl (C=O) groups is 1. The van der Waals surface area contributed by atoms with E-state index in [0.717, 1.165) is 22.3 Å². The lowest BCUT2D eigenvalue weighted by Crippen LogP contribution is -2.30. The molecule has 0 spiro atoms. The quantitative estimate of drug-likeness (QED) is 0.685. The van der Waals surface area contributed by atoms with Crippen molar-refractivity contribution in [3.63, 3.8) is 0 Å². The molecule has 7 heteroatoms. The lowest BCUT2D eigenvalue weighted by atomic mass is 9.74. The van der Waals surface area contributed by atoms with Crippen molar-refractivity contribution in [3.05, 3.63) is 75.2 Å². The fourth-order valence-corrected chi connectivity index (χ4v) is 4.74. The van der Waals surface area contributed by atoms with Crippen LogP contribution in [0.3, 0.4) is 0 Å². The van der Waals surface area contributed by atoms with Crippen LogP contribution < -0.4 is 15.6 Å². The molecule has 0 saturated carbocycles. The highest BCUT2D eigenvalue weighted by molar-refractivity contribution is 6.31. The van der Waals surface area contributed by atoms with Crippen LogP contribution in [0.15, 0.2) is 58.5 Å². The SMILES string of the molecule is CCNC(=O)C[C@H]1O[C@@H](C2(C)C=CC(Cl)=CC2)c2cc(OC)ccc2-c2cn(C)c(=O)cc21. The lowest BCUT2D eigenvalue weighted by molar-refractivity contribution is -0.128. The van der Waals surface area contributed by atoms with Crippen LogP contribution in [0.4, 0.5) is 0 Å². The Morgan fingerprint density at radius 3 is 2.76 bits per heavy atom. The van der Waals surface area contributed by atoms with Gasteiger partial charge in [0, 0.05) is 41.9 Å². The molecule has 4 rings (SSSR count). The largest absolute Gasteiger partial charge is 0.497 e. The summed E-state index contributed by atoms with van der Waals surface area (Å²) in [6.45, 7) is 4.53. The van der Waals surface area contributed by atoms with E-state index in [0.29, 0.717) is 23.7 Å². The molecule has 2 heterocycles. The number of carbonyl (C=O) groups excluding carboxylic acids is 1. The molecule has 0 bridgehead atoms. The van der Waals surface area contributed by atoms with Gasteiger partial charge in [0.25, 0.3) is 5.56 Å². The Bertz CT molecular complexity index is 1200. The Morgan fingerprint density at radius 2 is 2.09 bits per heavy atom. The number of ether oxygens (including phenoxy) is 2. The van der Waals surface area contributed by atoms with Gasteiger partial charge in [-0.15, -0.1) is 0 Å². The van der Waals surface area contributed by atoms with E-state index in [-0.39, 0.29) is 17.9 Å². The van der Waals surface area contributed by atoms with Gasteiger partial charge in [-0.25, -0.2) is 0 Å². The smallest absolute Gasteiger partial charge is 0.250 e. The molecule has 33 heavy (non-hydrogen) atoms. The van der Waals surface area contributed by atoms with E-state index < -0.39 is 17.6 Å². The van der Waals surface area contributed by atoms with E-state index in [4.69, 9.17) is 21.1 Å². The average molecular weight is 469 g/mol. The molecular weight excluding hydrogens is 440 g/mol. The van der Waals surface area contributed by atoms with Gasteiger partial charge in [0.05, 0.1) is 25.7 Å². The lowest BCUT2D eigenvalue weighted by Gasteiger charge is -2.38. The first-order chi connectivity index (χ1) is 15.8. The van der Waals surface area contributed by atoms with E-state index >= 15 is 0 Å². The number of aryl methyl sites for hydroxylation is 1. The number of halogens is 1. The maximum Gasteiger partial charge on any atom is 0.250 e. The molecule has 174 valence electrons. The van der Waals surface area contributed by atoms with Crippen LogP contribution in [0.25, 0.3) is 11.1 Å². The number of rotatable bonds is 5. The van der Waals surface area contributed by atoms with Gasteiger partial charge in [-0.1, -0.05) is 36.7 Å². The number of hydrogen-bond donors (Lipinski definition) is 1. The van der Waals surface area contributed by atoms with Crippen LogP contribution >= 0.6 is 11.6 Å². The average Bonchev–Trinajstić information content (AvgIpc) is 2.91. The first-order valence-electron chi connectivity index (χ1n) is 11.1. The number of nitrogens with one attached hydrogen (secondary N) is 1. The molecule has 3 atom stereocenters. The van der Waals surface area contributed by atoms with Gasteiger partial charge < -0.3 is 19.4 Å². The summed E-state index contributed by atoms with van der Waals surface area (Å²) in [7, 11) is 3.36. The molecule has 1 amide bonds. The van der Waals surface area contributed by atoms with E-state index in [1.165, 1.54) is 0 Å². The Balaban J connectivity index is 1.94. The predicted octanol–water partition coefficient (Wildman–Crippen LogP) is 4.79. The van der Waals surface area contributed by atoms with Crippen molar-refractivity contribution < 1.29 is 14.3 Å². The normalized spacial score (nSPS) is 23.7. The summed E-state index contributed by atoms with van der Waals surface area (Å²) >= 11 is 6.23. The fraction of sp³-hybridized carbons (Fsp3) is 0.385. The van der Waals surface area contributed by atoms with Crippen molar-refractivity contribution in [2.24, 2.45) is 12.5 Å². The van der Waals surface area contributed by atoms with Gasteiger partial charge in [-0.05, 0) is 48.2 Å². The van der Waals surface area contributed by atoms with Crippen molar-refractivity contribution in [1.29, 1.82) is 0 Å². The molecule has 0 saturated heterocycles. The van der Waals surface area contributed by atoms with Crippen LogP contribution in [0, 0.1) is 5.41 Å². The van der Waals surface area contributed by atoms with Crippen LogP contribution in [-0.4, -0.2) is 24.1 Å².